The van der Waals surface area contributed by atoms with Gasteiger partial charge in [-0.05, 0) is 12.0 Å². The number of rotatable bonds is 4. The van der Waals surface area contributed by atoms with Crippen LogP contribution in [0.4, 0.5) is 0 Å². The SMILES string of the molecule is CC(C)CONC(=O)c1ccn(C)n1. The van der Waals surface area contributed by atoms with E-state index in [1.54, 1.807) is 24.0 Å². The van der Waals surface area contributed by atoms with Crippen LogP contribution < -0.4 is 5.48 Å². The number of aryl methyl sites for hydroxylation is 1. The Kier molecular flexibility index (Phi) is 3.64. The van der Waals surface area contributed by atoms with Gasteiger partial charge in [0.1, 0.15) is 0 Å². The number of hydrogen-bond donors (Lipinski definition) is 1. The van der Waals surface area contributed by atoms with Gasteiger partial charge in [-0.1, -0.05) is 13.8 Å². The molecule has 0 unspecified atom stereocenters. The van der Waals surface area contributed by atoms with Crippen molar-refractivity contribution in [3.63, 3.8) is 0 Å². The second kappa shape index (κ2) is 4.76. The van der Waals surface area contributed by atoms with Gasteiger partial charge in [0.05, 0.1) is 6.61 Å². The summed E-state index contributed by atoms with van der Waals surface area (Å²) >= 11 is 0. The highest BCUT2D eigenvalue weighted by Gasteiger charge is 2.08. The van der Waals surface area contributed by atoms with E-state index in [2.05, 4.69) is 10.6 Å². The number of nitrogens with zero attached hydrogens (tertiary/aromatic N) is 2. The van der Waals surface area contributed by atoms with E-state index in [0.717, 1.165) is 0 Å². The summed E-state index contributed by atoms with van der Waals surface area (Å²) in [5.74, 6) is 0.0743. The second-order valence-electron chi connectivity index (χ2n) is 3.51. The summed E-state index contributed by atoms with van der Waals surface area (Å²) in [6.45, 7) is 4.51. The number of hydroxylamine groups is 1. The van der Waals surface area contributed by atoms with E-state index in [1.807, 2.05) is 13.8 Å². The van der Waals surface area contributed by atoms with Gasteiger partial charge >= 0.3 is 0 Å². The standard InChI is InChI=1S/C9H15N3O2/c1-7(2)6-14-11-9(13)8-4-5-12(3)10-8/h4-5,7H,6H2,1-3H3,(H,11,13). The minimum absolute atomic E-state index is 0.314. The van der Waals surface area contributed by atoms with Crippen LogP contribution in [0.2, 0.25) is 0 Å². The molecular weight excluding hydrogens is 182 g/mol. The molecule has 0 aromatic carbocycles. The summed E-state index contributed by atoms with van der Waals surface area (Å²) in [5.41, 5.74) is 2.69. The van der Waals surface area contributed by atoms with Gasteiger partial charge in [-0.25, -0.2) is 5.48 Å². The van der Waals surface area contributed by atoms with Gasteiger partial charge in [0.25, 0.3) is 5.91 Å². The highest BCUT2D eigenvalue weighted by molar-refractivity contribution is 5.91. The molecule has 0 aliphatic carbocycles. The van der Waals surface area contributed by atoms with Crippen LogP contribution in [0.15, 0.2) is 12.3 Å². The minimum Gasteiger partial charge on any atom is -0.275 e. The molecule has 14 heavy (non-hydrogen) atoms. The van der Waals surface area contributed by atoms with E-state index in [9.17, 15) is 4.79 Å². The molecule has 78 valence electrons. The molecule has 1 N–H and O–H groups in total. The molecule has 0 aliphatic rings. The Labute approximate surface area is 83.0 Å². The monoisotopic (exact) mass is 197 g/mol. The maximum atomic E-state index is 11.3. The van der Waals surface area contributed by atoms with Crippen molar-refractivity contribution in [1.82, 2.24) is 15.3 Å². The number of carbonyl (C=O) groups excluding carboxylic acids is 1. The van der Waals surface area contributed by atoms with Gasteiger partial charge in [0, 0.05) is 13.2 Å². The molecule has 1 heterocycles. The lowest BCUT2D eigenvalue weighted by Crippen LogP contribution is -2.26. The van der Waals surface area contributed by atoms with Crippen molar-refractivity contribution in [2.24, 2.45) is 13.0 Å². The van der Waals surface area contributed by atoms with Crippen molar-refractivity contribution in [2.45, 2.75) is 13.8 Å². The smallest absolute Gasteiger partial charge is 0.275 e. The van der Waals surface area contributed by atoms with Crippen LogP contribution in [0.3, 0.4) is 0 Å². The summed E-state index contributed by atoms with van der Waals surface area (Å²) in [5, 5.41) is 3.93. The van der Waals surface area contributed by atoms with Gasteiger partial charge in [-0.3, -0.25) is 14.3 Å². The molecule has 0 atom stereocenters. The Hall–Kier alpha value is -1.36. The zero-order valence-corrected chi connectivity index (χ0v) is 8.65. The molecule has 0 fully saturated rings. The molecule has 1 aromatic heterocycles. The number of hydrogen-bond acceptors (Lipinski definition) is 3. The Balaban J connectivity index is 2.36. The molecular formula is C9H15N3O2. The van der Waals surface area contributed by atoms with Crippen molar-refractivity contribution in [1.29, 1.82) is 0 Å². The largest absolute Gasteiger partial charge is 0.295 e. The van der Waals surface area contributed by atoms with E-state index in [-0.39, 0.29) is 5.91 Å². The first kappa shape index (κ1) is 10.7. The first-order chi connectivity index (χ1) is 6.59. The Bertz CT molecular complexity index is 307. The summed E-state index contributed by atoms with van der Waals surface area (Å²) in [4.78, 5) is 16.3. The van der Waals surface area contributed by atoms with Crippen molar-refractivity contribution >= 4 is 5.91 Å². The van der Waals surface area contributed by atoms with E-state index in [0.29, 0.717) is 18.2 Å². The van der Waals surface area contributed by atoms with Crippen LogP contribution >= 0.6 is 0 Å². The lowest BCUT2D eigenvalue weighted by atomic mass is 10.2. The van der Waals surface area contributed by atoms with Gasteiger partial charge in [-0.15, -0.1) is 0 Å². The lowest BCUT2D eigenvalue weighted by molar-refractivity contribution is 0.0204. The Morgan fingerprint density at radius 2 is 2.43 bits per heavy atom. The van der Waals surface area contributed by atoms with Crippen LogP contribution in [0.1, 0.15) is 24.3 Å². The van der Waals surface area contributed by atoms with Crippen LogP contribution in [0.5, 0.6) is 0 Å². The third kappa shape index (κ3) is 3.18. The molecule has 1 amide bonds. The highest BCUT2D eigenvalue weighted by Crippen LogP contribution is 1.95. The van der Waals surface area contributed by atoms with Crippen LogP contribution in [0.25, 0.3) is 0 Å². The zero-order valence-electron chi connectivity index (χ0n) is 8.65. The maximum absolute atomic E-state index is 11.3. The first-order valence-corrected chi connectivity index (χ1v) is 4.51. The Morgan fingerprint density at radius 3 is 2.93 bits per heavy atom. The van der Waals surface area contributed by atoms with Gasteiger partial charge in [0.15, 0.2) is 5.69 Å². The summed E-state index contributed by atoms with van der Waals surface area (Å²) in [6.07, 6.45) is 1.71. The Morgan fingerprint density at radius 1 is 1.71 bits per heavy atom. The van der Waals surface area contributed by atoms with Crippen LogP contribution in [-0.4, -0.2) is 22.3 Å². The average molecular weight is 197 g/mol. The van der Waals surface area contributed by atoms with Crippen LogP contribution in [0, 0.1) is 5.92 Å². The topological polar surface area (TPSA) is 56.1 Å². The summed E-state index contributed by atoms with van der Waals surface area (Å²) < 4.78 is 1.57. The molecule has 0 bridgehead atoms. The highest BCUT2D eigenvalue weighted by atomic mass is 16.6. The molecule has 0 radical (unpaired) electrons. The van der Waals surface area contributed by atoms with E-state index >= 15 is 0 Å². The van der Waals surface area contributed by atoms with Gasteiger partial charge < -0.3 is 0 Å². The van der Waals surface area contributed by atoms with Gasteiger partial charge in [0.2, 0.25) is 0 Å². The van der Waals surface area contributed by atoms with Crippen molar-refractivity contribution < 1.29 is 9.63 Å². The summed E-state index contributed by atoms with van der Waals surface area (Å²) in [7, 11) is 1.76. The lowest BCUT2D eigenvalue weighted by Gasteiger charge is -2.05. The fraction of sp³-hybridized carbons (Fsp3) is 0.556. The predicted molar refractivity (Wildman–Crippen MR) is 51.5 cm³/mol. The van der Waals surface area contributed by atoms with Crippen molar-refractivity contribution in [2.75, 3.05) is 6.61 Å². The van der Waals surface area contributed by atoms with Gasteiger partial charge in [-0.2, -0.15) is 5.10 Å². The molecule has 0 aliphatic heterocycles. The summed E-state index contributed by atoms with van der Waals surface area (Å²) in [6, 6.07) is 1.63. The molecule has 5 nitrogen and oxygen atoms in total. The molecule has 0 saturated carbocycles. The van der Waals surface area contributed by atoms with Crippen molar-refractivity contribution in [3.8, 4) is 0 Å². The third-order valence-corrected chi connectivity index (χ3v) is 1.53. The second-order valence-corrected chi connectivity index (χ2v) is 3.51. The molecule has 1 aromatic rings. The first-order valence-electron chi connectivity index (χ1n) is 4.51. The molecule has 0 spiro atoms. The average Bonchev–Trinajstić information content (AvgIpc) is 2.51. The number of nitrogens with one attached hydrogen (secondary N) is 1. The molecule has 5 heteroatoms. The van der Waals surface area contributed by atoms with E-state index in [1.165, 1.54) is 0 Å². The molecule has 1 rings (SSSR count). The fourth-order valence-electron chi connectivity index (χ4n) is 0.862. The third-order valence-electron chi connectivity index (χ3n) is 1.53. The quantitative estimate of drug-likeness (QED) is 0.724. The predicted octanol–water partition coefficient (Wildman–Crippen LogP) is 0.738. The van der Waals surface area contributed by atoms with Crippen LogP contribution in [-0.2, 0) is 11.9 Å². The van der Waals surface area contributed by atoms with E-state index in [4.69, 9.17) is 4.84 Å². The number of aromatic nitrogens is 2. The number of amides is 1. The normalized spacial score (nSPS) is 10.6. The minimum atomic E-state index is -0.314. The van der Waals surface area contributed by atoms with E-state index < -0.39 is 0 Å². The fourth-order valence-corrected chi connectivity index (χ4v) is 0.862. The maximum Gasteiger partial charge on any atom is 0.295 e. The zero-order chi connectivity index (χ0) is 10.6. The number of carbonyl (C=O) groups is 1. The van der Waals surface area contributed by atoms with Crippen molar-refractivity contribution in [3.05, 3.63) is 18.0 Å². The molecule has 0 saturated heterocycles.